The van der Waals surface area contributed by atoms with Gasteiger partial charge in [0.15, 0.2) is 0 Å². The average molecular weight is 266 g/mol. The molecule has 1 heterocycles. The zero-order valence-corrected chi connectivity index (χ0v) is 12.4. The minimum absolute atomic E-state index is 0.0149. The van der Waals surface area contributed by atoms with E-state index in [1.807, 2.05) is 4.90 Å². The Balaban J connectivity index is 2.86. The van der Waals surface area contributed by atoms with Crippen LogP contribution in [0.1, 0.15) is 52.9 Å². The maximum absolute atomic E-state index is 12.8. The molecule has 0 aliphatic carbocycles. The van der Waals surface area contributed by atoms with Crippen molar-refractivity contribution in [3.05, 3.63) is 0 Å². The minimum Gasteiger partial charge on any atom is -0.381 e. The van der Waals surface area contributed by atoms with Gasteiger partial charge in [0.25, 0.3) is 0 Å². The average Bonchev–Trinajstić information content (AvgIpc) is 2.47. The lowest BCUT2D eigenvalue weighted by Crippen LogP contribution is -2.49. The van der Waals surface area contributed by atoms with Gasteiger partial charge in [0.2, 0.25) is 5.91 Å². The Hall–Kier alpha value is -1.08. The Bertz CT molecular complexity index is 330. The van der Waals surface area contributed by atoms with E-state index in [-0.39, 0.29) is 11.9 Å². The summed E-state index contributed by atoms with van der Waals surface area (Å²) in [5, 5.41) is 9.49. The summed E-state index contributed by atoms with van der Waals surface area (Å²) in [6.07, 6.45) is 4.03. The molecule has 1 saturated heterocycles. The van der Waals surface area contributed by atoms with Crippen molar-refractivity contribution in [3.63, 3.8) is 0 Å². The minimum atomic E-state index is -0.852. The second kappa shape index (κ2) is 7.49. The largest absolute Gasteiger partial charge is 0.381 e. The van der Waals surface area contributed by atoms with Gasteiger partial charge in [-0.05, 0) is 32.6 Å². The molecular weight excluding hydrogens is 240 g/mol. The molecule has 0 saturated carbocycles. The van der Waals surface area contributed by atoms with E-state index in [2.05, 4.69) is 26.8 Å². The molecule has 0 aromatic carbocycles. The number of carbonyl (C=O) groups excluding carboxylic acids is 1. The van der Waals surface area contributed by atoms with Crippen LogP contribution in [-0.2, 0) is 9.53 Å². The van der Waals surface area contributed by atoms with E-state index >= 15 is 0 Å². The van der Waals surface area contributed by atoms with Crippen molar-refractivity contribution in [1.82, 2.24) is 4.90 Å². The summed E-state index contributed by atoms with van der Waals surface area (Å²) < 4.78 is 5.30. The lowest BCUT2D eigenvalue weighted by atomic mass is 9.80. The summed E-state index contributed by atoms with van der Waals surface area (Å²) in [4.78, 5) is 14.7. The molecule has 1 aliphatic heterocycles. The van der Waals surface area contributed by atoms with E-state index in [0.717, 1.165) is 25.8 Å². The lowest BCUT2D eigenvalue weighted by molar-refractivity contribution is -0.145. The van der Waals surface area contributed by atoms with E-state index in [1.54, 1.807) is 0 Å². The topological polar surface area (TPSA) is 53.3 Å². The predicted molar refractivity (Wildman–Crippen MR) is 74.5 cm³/mol. The highest BCUT2D eigenvalue weighted by Gasteiger charge is 2.43. The highest BCUT2D eigenvalue weighted by atomic mass is 16.5. The second-order valence-electron chi connectivity index (χ2n) is 5.42. The summed E-state index contributed by atoms with van der Waals surface area (Å²) in [7, 11) is 0. The molecule has 1 rings (SSSR count). The third-order valence-electron chi connectivity index (χ3n) is 4.11. The van der Waals surface area contributed by atoms with Crippen molar-refractivity contribution >= 4 is 5.91 Å². The molecule has 1 amide bonds. The van der Waals surface area contributed by atoms with E-state index in [4.69, 9.17) is 4.74 Å². The van der Waals surface area contributed by atoms with Crippen LogP contribution >= 0.6 is 0 Å². The number of carbonyl (C=O) groups is 1. The van der Waals surface area contributed by atoms with Gasteiger partial charge in [-0.15, -0.1) is 0 Å². The molecule has 0 aromatic rings. The molecule has 0 bridgehead atoms. The van der Waals surface area contributed by atoms with Crippen LogP contribution in [0, 0.1) is 16.7 Å². The molecule has 1 fully saturated rings. The fourth-order valence-electron chi connectivity index (χ4n) is 2.44. The number of ether oxygens (including phenoxy) is 1. The van der Waals surface area contributed by atoms with Crippen LogP contribution < -0.4 is 0 Å². The standard InChI is InChI=1S/C15H26N2O2/c1-4-6-9-17(13(3)5-2)14(18)15(12-16)7-10-19-11-8-15/h13H,4-11H2,1-3H3. The third-order valence-corrected chi connectivity index (χ3v) is 4.11. The summed E-state index contributed by atoms with van der Waals surface area (Å²) in [6, 6.07) is 2.48. The molecule has 1 atom stereocenters. The number of rotatable bonds is 6. The second-order valence-corrected chi connectivity index (χ2v) is 5.42. The molecule has 4 nitrogen and oxygen atoms in total. The Morgan fingerprint density at radius 3 is 2.53 bits per heavy atom. The Kier molecular flexibility index (Phi) is 6.30. The van der Waals surface area contributed by atoms with Crippen LogP contribution in [0.15, 0.2) is 0 Å². The normalized spacial score (nSPS) is 19.5. The maximum atomic E-state index is 12.8. The first-order valence-corrected chi connectivity index (χ1v) is 7.41. The summed E-state index contributed by atoms with van der Waals surface area (Å²) in [5.74, 6) is 0.0149. The summed E-state index contributed by atoms with van der Waals surface area (Å²) in [6.45, 7) is 8.06. The van der Waals surface area contributed by atoms with Gasteiger partial charge in [-0.2, -0.15) is 5.26 Å². The van der Waals surface area contributed by atoms with E-state index in [0.29, 0.717) is 26.1 Å². The van der Waals surface area contributed by atoms with E-state index < -0.39 is 5.41 Å². The first-order valence-electron chi connectivity index (χ1n) is 7.41. The lowest BCUT2D eigenvalue weighted by Gasteiger charge is -2.37. The number of hydrogen-bond donors (Lipinski definition) is 0. The van der Waals surface area contributed by atoms with Gasteiger partial charge in [0.1, 0.15) is 5.41 Å². The first-order chi connectivity index (χ1) is 9.11. The molecule has 0 spiro atoms. The molecular formula is C15H26N2O2. The molecule has 4 heteroatoms. The van der Waals surface area contributed by atoms with Gasteiger partial charge >= 0.3 is 0 Å². The van der Waals surface area contributed by atoms with Crippen LogP contribution in [0.4, 0.5) is 0 Å². The number of nitrogens with zero attached hydrogens (tertiary/aromatic N) is 2. The first kappa shape index (κ1) is 16.0. The van der Waals surface area contributed by atoms with Crippen molar-refractivity contribution in [2.24, 2.45) is 5.41 Å². The Morgan fingerprint density at radius 2 is 2.05 bits per heavy atom. The number of amides is 1. The van der Waals surface area contributed by atoms with E-state index in [1.165, 1.54) is 0 Å². The fraction of sp³-hybridized carbons (Fsp3) is 0.867. The Morgan fingerprint density at radius 1 is 1.42 bits per heavy atom. The molecule has 1 unspecified atom stereocenters. The SMILES string of the molecule is CCCCN(C(=O)C1(C#N)CCOCC1)C(C)CC. The van der Waals surface area contributed by atoms with Gasteiger partial charge in [0, 0.05) is 25.8 Å². The van der Waals surface area contributed by atoms with Gasteiger partial charge in [-0.3, -0.25) is 4.79 Å². The zero-order valence-electron chi connectivity index (χ0n) is 12.4. The highest BCUT2D eigenvalue weighted by molar-refractivity contribution is 5.85. The third kappa shape index (κ3) is 3.70. The predicted octanol–water partition coefficient (Wildman–Crippen LogP) is 2.73. The monoisotopic (exact) mass is 266 g/mol. The summed E-state index contributed by atoms with van der Waals surface area (Å²) >= 11 is 0. The molecule has 0 aromatic heterocycles. The van der Waals surface area contributed by atoms with Crippen LogP contribution in [0.25, 0.3) is 0 Å². The van der Waals surface area contributed by atoms with Crippen molar-refractivity contribution in [1.29, 1.82) is 5.26 Å². The van der Waals surface area contributed by atoms with Gasteiger partial charge < -0.3 is 9.64 Å². The van der Waals surface area contributed by atoms with Gasteiger partial charge in [0.05, 0.1) is 6.07 Å². The number of nitriles is 1. The quantitative estimate of drug-likeness (QED) is 0.742. The van der Waals surface area contributed by atoms with Gasteiger partial charge in [-0.25, -0.2) is 0 Å². The van der Waals surface area contributed by atoms with Crippen molar-refractivity contribution < 1.29 is 9.53 Å². The maximum Gasteiger partial charge on any atom is 0.243 e. The van der Waals surface area contributed by atoms with Crippen LogP contribution in [0.3, 0.4) is 0 Å². The van der Waals surface area contributed by atoms with Crippen LogP contribution in [-0.4, -0.2) is 36.6 Å². The van der Waals surface area contributed by atoms with Crippen molar-refractivity contribution in [3.8, 4) is 6.07 Å². The van der Waals surface area contributed by atoms with Crippen molar-refractivity contribution in [2.45, 2.75) is 58.9 Å². The molecule has 1 aliphatic rings. The highest BCUT2D eigenvalue weighted by Crippen LogP contribution is 2.33. The number of unbranched alkanes of at least 4 members (excludes halogenated alkanes) is 1. The van der Waals surface area contributed by atoms with Crippen molar-refractivity contribution in [2.75, 3.05) is 19.8 Å². The fourth-order valence-corrected chi connectivity index (χ4v) is 2.44. The molecule has 108 valence electrons. The van der Waals surface area contributed by atoms with E-state index in [9.17, 15) is 10.1 Å². The molecule has 0 N–H and O–H groups in total. The van der Waals surface area contributed by atoms with Crippen LogP contribution in [0.2, 0.25) is 0 Å². The Labute approximate surface area is 116 Å². The zero-order chi connectivity index (χ0) is 14.3. The number of hydrogen-bond acceptors (Lipinski definition) is 3. The smallest absolute Gasteiger partial charge is 0.243 e. The van der Waals surface area contributed by atoms with Gasteiger partial charge in [-0.1, -0.05) is 20.3 Å². The molecule has 19 heavy (non-hydrogen) atoms. The molecule has 0 radical (unpaired) electrons. The summed E-state index contributed by atoms with van der Waals surface area (Å²) in [5.41, 5.74) is -0.852. The van der Waals surface area contributed by atoms with Crippen LogP contribution in [0.5, 0.6) is 0 Å².